The summed E-state index contributed by atoms with van der Waals surface area (Å²) < 4.78 is 0. The zero-order valence-corrected chi connectivity index (χ0v) is 17.8. The molecule has 8 nitrogen and oxygen atoms in total. The van der Waals surface area contributed by atoms with E-state index in [0.29, 0.717) is 23.1 Å². The molecule has 0 saturated carbocycles. The van der Waals surface area contributed by atoms with Crippen LogP contribution in [0.2, 0.25) is 0 Å². The van der Waals surface area contributed by atoms with Gasteiger partial charge in [0.15, 0.2) is 0 Å². The van der Waals surface area contributed by atoms with Crippen LogP contribution in [-0.2, 0) is 0 Å². The van der Waals surface area contributed by atoms with Crippen molar-refractivity contribution in [1.82, 2.24) is 15.0 Å². The van der Waals surface area contributed by atoms with E-state index < -0.39 is 0 Å². The molecule has 0 unspecified atom stereocenters. The molecule has 32 heavy (non-hydrogen) atoms. The number of amides is 2. The van der Waals surface area contributed by atoms with Crippen molar-refractivity contribution in [3.8, 4) is 0 Å². The molecule has 4 rings (SSSR count). The molecule has 2 heterocycles. The van der Waals surface area contributed by atoms with Gasteiger partial charge >= 0.3 is 6.03 Å². The van der Waals surface area contributed by atoms with Crippen LogP contribution in [0, 0.1) is 13.8 Å². The summed E-state index contributed by atoms with van der Waals surface area (Å²) in [7, 11) is 0. The third-order valence-corrected chi connectivity index (χ3v) is 4.63. The van der Waals surface area contributed by atoms with Gasteiger partial charge in [-0.15, -0.1) is 0 Å². The normalized spacial score (nSPS) is 10.3. The summed E-state index contributed by atoms with van der Waals surface area (Å²) in [6.45, 7) is 3.99. The highest BCUT2D eigenvalue weighted by molar-refractivity contribution is 6.00. The van der Waals surface area contributed by atoms with E-state index in [1.165, 1.54) is 6.33 Å². The van der Waals surface area contributed by atoms with Crippen LogP contribution < -0.4 is 21.3 Å². The van der Waals surface area contributed by atoms with Gasteiger partial charge in [-0.05, 0) is 61.9 Å². The molecule has 0 atom stereocenters. The van der Waals surface area contributed by atoms with E-state index in [4.69, 9.17) is 0 Å². The van der Waals surface area contributed by atoms with E-state index in [0.717, 1.165) is 22.5 Å². The lowest BCUT2D eigenvalue weighted by atomic mass is 10.1. The number of carbonyl (C=O) groups excluding carboxylic acids is 1. The zero-order valence-electron chi connectivity index (χ0n) is 17.8. The Morgan fingerprint density at radius 2 is 1.47 bits per heavy atom. The number of carbonyl (C=O) groups is 1. The molecule has 2 amide bonds. The van der Waals surface area contributed by atoms with E-state index in [9.17, 15) is 4.79 Å². The molecule has 2 aromatic heterocycles. The topological polar surface area (TPSA) is 104 Å². The van der Waals surface area contributed by atoms with Gasteiger partial charge in [0.05, 0.1) is 0 Å². The summed E-state index contributed by atoms with van der Waals surface area (Å²) in [5.74, 6) is 1.96. The van der Waals surface area contributed by atoms with Gasteiger partial charge in [0.2, 0.25) is 0 Å². The smallest absolute Gasteiger partial charge is 0.323 e. The zero-order chi connectivity index (χ0) is 22.3. The maximum absolute atomic E-state index is 12.3. The number of rotatable bonds is 6. The van der Waals surface area contributed by atoms with Crippen molar-refractivity contribution in [2.45, 2.75) is 13.8 Å². The van der Waals surface area contributed by atoms with Gasteiger partial charge in [0.1, 0.15) is 23.8 Å². The Bertz CT molecular complexity index is 1210. The molecule has 4 aromatic rings. The molecule has 8 heteroatoms. The third kappa shape index (κ3) is 5.57. The lowest BCUT2D eigenvalue weighted by Crippen LogP contribution is -2.19. The number of nitrogens with zero attached hydrogens (tertiary/aromatic N) is 3. The van der Waals surface area contributed by atoms with Crippen LogP contribution >= 0.6 is 0 Å². The number of benzene rings is 2. The Balaban J connectivity index is 1.35. The first-order valence-corrected chi connectivity index (χ1v) is 10.1. The van der Waals surface area contributed by atoms with E-state index in [2.05, 4.69) is 36.2 Å². The number of pyridine rings is 1. The second-order valence-corrected chi connectivity index (χ2v) is 7.23. The van der Waals surface area contributed by atoms with Crippen molar-refractivity contribution in [3.63, 3.8) is 0 Å². The number of aromatic nitrogens is 3. The standard InChI is InChI=1S/C24H23N7O/c1-16-6-11-20(17(2)13-16)30-24(32)29-19-9-7-18(8-10-19)28-22-14-23(27-15-26-22)31-21-5-3-4-12-25-21/h3-15H,1-2H3,(H2,29,30,32)(H2,25,26,27,28,31). The monoisotopic (exact) mass is 425 g/mol. The quantitative estimate of drug-likeness (QED) is 0.320. The average Bonchev–Trinajstić information content (AvgIpc) is 2.78. The van der Waals surface area contributed by atoms with E-state index >= 15 is 0 Å². The van der Waals surface area contributed by atoms with Crippen molar-refractivity contribution in [1.29, 1.82) is 0 Å². The lowest BCUT2D eigenvalue weighted by Gasteiger charge is -2.11. The summed E-state index contributed by atoms with van der Waals surface area (Å²) in [6, 6.07) is 20.4. The summed E-state index contributed by atoms with van der Waals surface area (Å²) >= 11 is 0. The van der Waals surface area contributed by atoms with Crippen LogP contribution in [0.5, 0.6) is 0 Å². The highest BCUT2D eigenvalue weighted by atomic mass is 16.2. The molecule has 0 bridgehead atoms. The Morgan fingerprint density at radius 1 is 0.719 bits per heavy atom. The Hall–Kier alpha value is -4.46. The molecule has 4 N–H and O–H groups in total. The van der Waals surface area contributed by atoms with Gasteiger partial charge < -0.3 is 21.3 Å². The molecule has 0 saturated heterocycles. The van der Waals surface area contributed by atoms with Crippen molar-refractivity contribution in [2.75, 3.05) is 21.3 Å². The first-order chi connectivity index (χ1) is 15.5. The molecule has 0 fully saturated rings. The highest BCUT2D eigenvalue weighted by Crippen LogP contribution is 2.21. The molecule has 0 aliphatic rings. The van der Waals surface area contributed by atoms with Gasteiger partial charge in [0, 0.05) is 29.3 Å². The van der Waals surface area contributed by atoms with Gasteiger partial charge in [0.25, 0.3) is 0 Å². The third-order valence-electron chi connectivity index (χ3n) is 4.63. The molecule has 0 spiro atoms. The van der Waals surface area contributed by atoms with Crippen molar-refractivity contribution < 1.29 is 4.79 Å². The number of nitrogens with one attached hydrogen (secondary N) is 4. The molecule has 0 aliphatic heterocycles. The first kappa shape index (κ1) is 20.8. The minimum absolute atomic E-state index is 0.293. The minimum atomic E-state index is -0.293. The Kier molecular flexibility index (Phi) is 6.22. The molecule has 160 valence electrons. The van der Waals surface area contributed by atoms with Gasteiger partial charge in [-0.1, -0.05) is 23.8 Å². The number of urea groups is 1. The summed E-state index contributed by atoms with van der Waals surface area (Å²) in [5, 5.41) is 12.1. The number of hydrogen-bond donors (Lipinski definition) is 4. The molecule has 0 radical (unpaired) electrons. The van der Waals surface area contributed by atoms with Crippen LogP contribution in [0.15, 0.2) is 79.3 Å². The van der Waals surface area contributed by atoms with Crippen molar-refractivity contribution >= 4 is 40.5 Å². The molecule has 2 aromatic carbocycles. The summed E-state index contributed by atoms with van der Waals surface area (Å²) in [6.07, 6.45) is 3.18. The van der Waals surface area contributed by atoms with Crippen LogP contribution in [-0.4, -0.2) is 21.0 Å². The van der Waals surface area contributed by atoms with Crippen LogP contribution in [0.1, 0.15) is 11.1 Å². The van der Waals surface area contributed by atoms with Gasteiger partial charge in [-0.2, -0.15) is 0 Å². The predicted octanol–water partition coefficient (Wildman–Crippen LogP) is 5.62. The second-order valence-electron chi connectivity index (χ2n) is 7.23. The fraction of sp³-hybridized carbons (Fsp3) is 0.0833. The number of anilines is 6. The van der Waals surface area contributed by atoms with Gasteiger partial charge in [-0.3, -0.25) is 0 Å². The maximum Gasteiger partial charge on any atom is 0.323 e. The molecular weight excluding hydrogens is 402 g/mol. The number of aryl methyl sites for hydroxylation is 2. The fourth-order valence-electron chi connectivity index (χ4n) is 3.09. The molecule has 0 aliphatic carbocycles. The van der Waals surface area contributed by atoms with Crippen molar-refractivity contribution in [3.05, 3.63) is 90.4 Å². The first-order valence-electron chi connectivity index (χ1n) is 10.1. The summed E-state index contributed by atoms with van der Waals surface area (Å²) in [5.41, 5.74) is 4.46. The van der Waals surface area contributed by atoms with E-state index in [1.807, 2.05) is 74.5 Å². The Morgan fingerprint density at radius 3 is 2.19 bits per heavy atom. The summed E-state index contributed by atoms with van der Waals surface area (Å²) in [4.78, 5) is 25.0. The van der Waals surface area contributed by atoms with Crippen molar-refractivity contribution in [2.24, 2.45) is 0 Å². The highest BCUT2D eigenvalue weighted by Gasteiger charge is 2.06. The maximum atomic E-state index is 12.3. The lowest BCUT2D eigenvalue weighted by molar-refractivity contribution is 0.262. The predicted molar refractivity (Wildman–Crippen MR) is 128 cm³/mol. The van der Waals surface area contributed by atoms with Crippen LogP contribution in [0.3, 0.4) is 0 Å². The average molecular weight is 425 g/mol. The van der Waals surface area contributed by atoms with E-state index in [1.54, 1.807) is 12.3 Å². The SMILES string of the molecule is Cc1ccc(NC(=O)Nc2ccc(Nc3cc(Nc4ccccn4)ncn3)cc2)c(C)c1. The van der Waals surface area contributed by atoms with E-state index in [-0.39, 0.29) is 6.03 Å². The Labute approximate surface area is 186 Å². The molecular formula is C24H23N7O. The largest absolute Gasteiger partial charge is 0.340 e. The number of hydrogen-bond acceptors (Lipinski definition) is 6. The van der Waals surface area contributed by atoms with Gasteiger partial charge in [-0.25, -0.2) is 19.7 Å². The van der Waals surface area contributed by atoms with Crippen LogP contribution in [0.25, 0.3) is 0 Å². The fourth-order valence-corrected chi connectivity index (χ4v) is 3.09. The minimum Gasteiger partial charge on any atom is -0.340 e. The second kappa shape index (κ2) is 9.57. The van der Waals surface area contributed by atoms with Crippen LogP contribution in [0.4, 0.5) is 39.3 Å².